The monoisotopic (exact) mass is 377 g/mol. The lowest BCUT2D eigenvalue weighted by Gasteiger charge is -2.42. The topological polar surface area (TPSA) is 48.8 Å². The highest BCUT2D eigenvalue weighted by Crippen LogP contribution is 2.27. The average molecular weight is 377 g/mol. The highest BCUT2D eigenvalue weighted by molar-refractivity contribution is 5.92. The van der Waals surface area contributed by atoms with Crippen molar-refractivity contribution in [3.63, 3.8) is 0 Å². The molecule has 1 N–H and O–H groups in total. The van der Waals surface area contributed by atoms with Crippen LogP contribution in [0, 0.1) is 0 Å². The van der Waals surface area contributed by atoms with Gasteiger partial charge in [0.05, 0.1) is 7.11 Å². The first kappa shape index (κ1) is 18.7. The molecule has 28 heavy (non-hydrogen) atoms. The molecule has 0 radical (unpaired) electrons. The third kappa shape index (κ3) is 3.96. The molecule has 2 heterocycles. The molecule has 5 nitrogen and oxygen atoms in total. The molecule has 0 aliphatic carbocycles. The molecule has 1 fully saturated rings. The second kappa shape index (κ2) is 8.59. The minimum Gasteiger partial charge on any atom is -0.497 e. The smallest absolute Gasteiger partial charge is 0.136 e. The summed E-state index contributed by atoms with van der Waals surface area (Å²) in [5, 5.41) is 12.0. The van der Waals surface area contributed by atoms with Crippen molar-refractivity contribution in [3.05, 3.63) is 66.4 Å². The molecule has 1 aliphatic heterocycles. The van der Waals surface area contributed by atoms with Crippen LogP contribution in [0.3, 0.4) is 0 Å². The number of ether oxygens (including phenoxy) is 1. The van der Waals surface area contributed by atoms with E-state index in [1.165, 1.54) is 16.3 Å². The van der Waals surface area contributed by atoms with Crippen LogP contribution in [0.25, 0.3) is 10.8 Å². The molecule has 146 valence electrons. The molecule has 3 aromatic rings. The zero-order valence-electron chi connectivity index (χ0n) is 16.3. The van der Waals surface area contributed by atoms with Crippen LogP contribution in [0.15, 0.2) is 60.8 Å². The van der Waals surface area contributed by atoms with Crippen LogP contribution in [0.5, 0.6) is 5.75 Å². The van der Waals surface area contributed by atoms with Crippen LogP contribution in [0.1, 0.15) is 12.0 Å². The standard InChI is InChI=1S/C23H27N3O2/c1-28-21-7-4-5-18(15-21)16-25-12-13-26(17-20(25)10-14-27)23-22-8-3-2-6-19(22)9-11-24-23/h2-9,11,15,20,27H,10,12-14,16-17H2,1H3. The van der Waals surface area contributed by atoms with Crippen LogP contribution in [-0.2, 0) is 6.54 Å². The summed E-state index contributed by atoms with van der Waals surface area (Å²) in [6.45, 7) is 3.78. The molecule has 4 rings (SSSR count). The summed E-state index contributed by atoms with van der Waals surface area (Å²) in [4.78, 5) is 9.52. The molecule has 1 unspecified atom stereocenters. The van der Waals surface area contributed by atoms with Crippen LogP contribution in [0.2, 0.25) is 0 Å². The number of fused-ring (bicyclic) bond motifs is 1. The first-order chi connectivity index (χ1) is 13.8. The first-order valence-corrected chi connectivity index (χ1v) is 9.85. The Kier molecular flexibility index (Phi) is 5.74. The second-order valence-electron chi connectivity index (χ2n) is 7.29. The van der Waals surface area contributed by atoms with E-state index in [1.54, 1.807) is 7.11 Å². The van der Waals surface area contributed by atoms with E-state index >= 15 is 0 Å². The fourth-order valence-electron chi connectivity index (χ4n) is 4.08. The molecule has 1 aromatic heterocycles. The van der Waals surface area contributed by atoms with Crippen molar-refractivity contribution in [1.29, 1.82) is 0 Å². The molecule has 1 atom stereocenters. The molecule has 0 saturated carbocycles. The van der Waals surface area contributed by atoms with Gasteiger partial charge in [-0.25, -0.2) is 4.98 Å². The van der Waals surface area contributed by atoms with E-state index in [4.69, 9.17) is 4.74 Å². The summed E-state index contributed by atoms with van der Waals surface area (Å²) in [5.41, 5.74) is 1.24. The number of hydrogen-bond acceptors (Lipinski definition) is 5. The van der Waals surface area contributed by atoms with Crippen molar-refractivity contribution in [2.75, 3.05) is 38.3 Å². The van der Waals surface area contributed by atoms with Crippen molar-refractivity contribution in [1.82, 2.24) is 9.88 Å². The average Bonchev–Trinajstić information content (AvgIpc) is 2.75. The van der Waals surface area contributed by atoms with Crippen molar-refractivity contribution >= 4 is 16.6 Å². The maximum Gasteiger partial charge on any atom is 0.136 e. The third-order valence-corrected chi connectivity index (χ3v) is 5.54. The molecule has 5 heteroatoms. The second-order valence-corrected chi connectivity index (χ2v) is 7.29. The number of pyridine rings is 1. The fourth-order valence-corrected chi connectivity index (χ4v) is 4.08. The van der Waals surface area contributed by atoms with E-state index in [2.05, 4.69) is 57.2 Å². The van der Waals surface area contributed by atoms with E-state index < -0.39 is 0 Å². The quantitative estimate of drug-likeness (QED) is 0.714. The molecule has 0 spiro atoms. The number of hydrogen-bond donors (Lipinski definition) is 1. The lowest BCUT2D eigenvalue weighted by Crippen LogP contribution is -2.53. The van der Waals surface area contributed by atoms with E-state index in [9.17, 15) is 5.11 Å². The van der Waals surface area contributed by atoms with E-state index in [0.29, 0.717) is 0 Å². The number of aromatic nitrogens is 1. The van der Waals surface area contributed by atoms with E-state index in [1.807, 2.05) is 18.3 Å². The normalized spacial score (nSPS) is 17.8. The van der Waals surface area contributed by atoms with Crippen LogP contribution in [-0.4, -0.2) is 54.4 Å². The lowest BCUT2D eigenvalue weighted by molar-refractivity contribution is 0.135. The van der Waals surface area contributed by atoms with Crippen molar-refractivity contribution < 1.29 is 9.84 Å². The minimum absolute atomic E-state index is 0.191. The molecule has 2 aromatic carbocycles. The highest BCUT2D eigenvalue weighted by atomic mass is 16.5. The molecular formula is C23H27N3O2. The molecule has 1 aliphatic rings. The van der Waals surface area contributed by atoms with Crippen molar-refractivity contribution in [3.8, 4) is 5.75 Å². The highest BCUT2D eigenvalue weighted by Gasteiger charge is 2.28. The Morgan fingerprint density at radius 3 is 2.86 bits per heavy atom. The van der Waals surface area contributed by atoms with E-state index in [0.717, 1.165) is 44.2 Å². The molecule has 1 saturated heterocycles. The zero-order chi connectivity index (χ0) is 19.3. The predicted molar refractivity (Wildman–Crippen MR) is 113 cm³/mol. The summed E-state index contributed by atoms with van der Waals surface area (Å²) >= 11 is 0. The number of aliphatic hydroxyl groups excluding tert-OH is 1. The Morgan fingerprint density at radius 2 is 2.00 bits per heavy atom. The Bertz CT molecular complexity index is 925. The molecule has 0 amide bonds. The Labute approximate surface area is 166 Å². The van der Waals surface area contributed by atoms with Crippen molar-refractivity contribution in [2.24, 2.45) is 0 Å². The SMILES string of the molecule is COc1cccc(CN2CCN(c3nccc4ccccc34)CC2CCO)c1. The number of methoxy groups -OCH3 is 1. The maximum atomic E-state index is 9.63. The largest absolute Gasteiger partial charge is 0.497 e. The predicted octanol–water partition coefficient (Wildman–Crippen LogP) is 3.32. The van der Waals surface area contributed by atoms with Gasteiger partial charge >= 0.3 is 0 Å². The number of anilines is 1. The van der Waals surface area contributed by atoms with Crippen molar-refractivity contribution in [2.45, 2.75) is 19.0 Å². The lowest BCUT2D eigenvalue weighted by atomic mass is 10.1. The summed E-state index contributed by atoms with van der Waals surface area (Å²) in [6.07, 6.45) is 2.65. The summed E-state index contributed by atoms with van der Waals surface area (Å²) in [6, 6.07) is 19.0. The van der Waals surface area contributed by atoms with Gasteiger partial charge in [-0.15, -0.1) is 0 Å². The van der Waals surface area contributed by atoms with Gasteiger partial charge in [-0.05, 0) is 35.6 Å². The number of benzene rings is 2. The number of rotatable bonds is 6. The number of nitrogens with zero attached hydrogens (tertiary/aromatic N) is 3. The molecule has 0 bridgehead atoms. The van der Waals surface area contributed by atoms with Gasteiger partial charge in [-0.1, -0.05) is 36.4 Å². The summed E-state index contributed by atoms with van der Waals surface area (Å²) < 4.78 is 5.36. The van der Waals surface area contributed by atoms with Crippen LogP contribution < -0.4 is 9.64 Å². The van der Waals surface area contributed by atoms with Crippen LogP contribution in [0.4, 0.5) is 5.82 Å². The van der Waals surface area contributed by atoms with Gasteiger partial charge in [0.25, 0.3) is 0 Å². The number of piperazine rings is 1. The Balaban J connectivity index is 1.54. The Hall–Kier alpha value is -2.63. The summed E-state index contributed by atoms with van der Waals surface area (Å²) in [7, 11) is 1.70. The van der Waals surface area contributed by atoms with Crippen LogP contribution >= 0.6 is 0 Å². The Morgan fingerprint density at radius 1 is 1.11 bits per heavy atom. The van der Waals surface area contributed by atoms with Gasteiger partial charge in [-0.3, -0.25) is 4.90 Å². The summed E-state index contributed by atoms with van der Waals surface area (Å²) in [5.74, 6) is 1.93. The van der Waals surface area contributed by atoms with Gasteiger partial charge in [-0.2, -0.15) is 0 Å². The zero-order valence-corrected chi connectivity index (χ0v) is 16.3. The number of aliphatic hydroxyl groups is 1. The van der Waals surface area contributed by atoms with Gasteiger partial charge in [0, 0.05) is 50.4 Å². The maximum absolute atomic E-state index is 9.63. The van der Waals surface area contributed by atoms with Gasteiger partial charge in [0.15, 0.2) is 0 Å². The van der Waals surface area contributed by atoms with Gasteiger partial charge in [0.1, 0.15) is 11.6 Å². The first-order valence-electron chi connectivity index (χ1n) is 9.85. The van der Waals surface area contributed by atoms with Gasteiger partial charge < -0.3 is 14.7 Å². The fraction of sp³-hybridized carbons (Fsp3) is 0.348. The third-order valence-electron chi connectivity index (χ3n) is 5.54. The van der Waals surface area contributed by atoms with E-state index in [-0.39, 0.29) is 12.6 Å². The van der Waals surface area contributed by atoms with Gasteiger partial charge in [0.2, 0.25) is 0 Å². The minimum atomic E-state index is 0.191. The molecular weight excluding hydrogens is 350 g/mol.